The molecule has 0 radical (unpaired) electrons. The van der Waals surface area contributed by atoms with Gasteiger partial charge in [-0.2, -0.15) is 11.8 Å². The Bertz CT molecular complexity index is 537. The van der Waals surface area contributed by atoms with Crippen molar-refractivity contribution in [2.75, 3.05) is 12.0 Å². The molecule has 0 saturated heterocycles. The zero-order valence-corrected chi connectivity index (χ0v) is 12.1. The number of benzene rings is 2. The fourth-order valence-corrected chi connectivity index (χ4v) is 2.54. The summed E-state index contributed by atoms with van der Waals surface area (Å²) in [6.45, 7) is 0.818. The Morgan fingerprint density at radius 2 is 1.94 bits per heavy atom. The molecule has 0 bridgehead atoms. The van der Waals surface area contributed by atoms with Crippen molar-refractivity contribution < 1.29 is 0 Å². The summed E-state index contributed by atoms with van der Waals surface area (Å²) in [5.41, 5.74) is 1.28. The van der Waals surface area contributed by atoms with Crippen molar-refractivity contribution in [1.82, 2.24) is 5.32 Å². The molecule has 1 nitrogen and oxygen atoms in total. The second kappa shape index (κ2) is 6.76. The largest absolute Gasteiger partial charge is 0.376 e. The van der Waals surface area contributed by atoms with Crippen LogP contribution in [0.2, 0.25) is 0 Å². The first-order valence-corrected chi connectivity index (χ1v) is 7.83. The molecule has 0 saturated carbocycles. The highest BCUT2D eigenvalue weighted by atomic mass is 32.2. The van der Waals surface area contributed by atoms with E-state index in [0.717, 1.165) is 23.7 Å². The Hall–Kier alpha value is -1.06. The average Bonchev–Trinajstić information content (AvgIpc) is 2.42. The lowest BCUT2D eigenvalue weighted by molar-refractivity contribution is 0.911. The molecular formula is C15H17NS2. The molecule has 0 amide bonds. The minimum absolute atomic E-state index is 0.818. The monoisotopic (exact) mass is 275 g/mol. The molecule has 0 aromatic heterocycles. The summed E-state index contributed by atoms with van der Waals surface area (Å²) in [7, 11) is 0. The number of thioether (sulfide) groups is 1. The second-order valence-electron chi connectivity index (χ2n) is 4.20. The van der Waals surface area contributed by atoms with Crippen LogP contribution in [0.1, 0.15) is 12.0 Å². The van der Waals surface area contributed by atoms with Gasteiger partial charge in [0.1, 0.15) is 0 Å². The Morgan fingerprint density at radius 1 is 1.17 bits per heavy atom. The van der Waals surface area contributed by atoms with E-state index < -0.39 is 0 Å². The van der Waals surface area contributed by atoms with Gasteiger partial charge in [-0.05, 0) is 34.4 Å². The quantitative estimate of drug-likeness (QED) is 0.828. The summed E-state index contributed by atoms with van der Waals surface area (Å²) in [4.78, 5) is 0.956. The molecule has 0 spiro atoms. The van der Waals surface area contributed by atoms with Crippen molar-refractivity contribution in [3.8, 4) is 0 Å². The predicted octanol–water partition coefficient (Wildman–Crippen LogP) is 4.01. The van der Waals surface area contributed by atoms with Crippen LogP contribution in [0.3, 0.4) is 0 Å². The van der Waals surface area contributed by atoms with Gasteiger partial charge in [0.2, 0.25) is 0 Å². The molecule has 2 aromatic carbocycles. The number of thiocarbonyl (C=S) groups is 1. The average molecular weight is 275 g/mol. The molecule has 0 aliphatic carbocycles. The van der Waals surface area contributed by atoms with Gasteiger partial charge in [-0.15, -0.1) is 0 Å². The summed E-state index contributed by atoms with van der Waals surface area (Å²) in [5.74, 6) is 1.09. The molecule has 0 atom stereocenters. The van der Waals surface area contributed by atoms with Gasteiger partial charge in [-0.25, -0.2) is 0 Å². The second-order valence-corrected chi connectivity index (χ2v) is 5.68. The van der Waals surface area contributed by atoms with Crippen LogP contribution in [-0.2, 0) is 6.54 Å². The third-order valence-corrected chi connectivity index (χ3v) is 3.80. The first-order chi connectivity index (χ1) is 8.79. The molecule has 0 heterocycles. The number of hydrogen-bond donors (Lipinski definition) is 1. The van der Waals surface area contributed by atoms with Crippen molar-refractivity contribution in [3.05, 3.63) is 48.0 Å². The van der Waals surface area contributed by atoms with Gasteiger partial charge in [-0.1, -0.05) is 48.6 Å². The lowest BCUT2D eigenvalue weighted by atomic mass is 10.1. The van der Waals surface area contributed by atoms with E-state index in [-0.39, 0.29) is 0 Å². The van der Waals surface area contributed by atoms with E-state index in [1.165, 1.54) is 16.3 Å². The summed E-state index contributed by atoms with van der Waals surface area (Å²) < 4.78 is 0. The van der Waals surface area contributed by atoms with E-state index in [4.69, 9.17) is 12.2 Å². The van der Waals surface area contributed by atoms with Gasteiger partial charge in [0.05, 0.1) is 4.99 Å². The third-order valence-electron chi connectivity index (χ3n) is 2.84. The van der Waals surface area contributed by atoms with Crippen molar-refractivity contribution in [1.29, 1.82) is 0 Å². The Kier molecular flexibility index (Phi) is 5.02. The van der Waals surface area contributed by atoms with Crippen LogP contribution in [0, 0.1) is 0 Å². The zero-order valence-electron chi connectivity index (χ0n) is 10.5. The molecule has 94 valence electrons. The predicted molar refractivity (Wildman–Crippen MR) is 86.4 cm³/mol. The molecule has 0 aliphatic rings. The van der Waals surface area contributed by atoms with Crippen molar-refractivity contribution in [2.45, 2.75) is 13.0 Å². The van der Waals surface area contributed by atoms with Gasteiger partial charge < -0.3 is 5.32 Å². The standard InChI is InChI=1S/C15H17NS2/c1-18-9-8-15(17)16-11-12-6-7-13-4-2-3-5-14(13)10-12/h2-7,10H,8-9,11H2,1H3,(H,16,17). The highest BCUT2D eigenvalue weighted by Gasteiger charge is 1.98. The lowest BCUT2D eigenvalue weighted by Crippen LogP contribution is -2.21. The Morgan fingerprint density at radius 3 is 2.72 bits per heavy atom. The topological polar surface area (TPSA) is 12.0 Å². The van der Waals surface area contributed by atoms with Gasteiger partial charge in [0, 0.05) is 13.0 Å². The van der Waals surface area contributed by atoms with Gasteiger partial charge in [0.15, 0.2) is 0 Å². The molecule has 0 aliphatic heterocycles. The number of nitrogens with one attached hydrogen (secondary N) is 1. The number of rotatable bonds is 5. The SMILES string of the molecule is CSCCC(=S)NCc1ccc2ccccc2c1. The Labute approximate surface area is 118 Å². The molecule has 2 rings (SSSR count). The maximum atomic E-state index is 5.29. The maximum Gasteiger partial charge on any atom is 0.0764 e. The molecule has 0 unspecified atom stereocenters. The smallest absolute Gasteiger partial charge is 0.0764 e. The van der Waals surface area contributed by atoms with Crippen molar-refractivity contribution >= 4 is 39.7 Å². The van der Waals surface area contributed by atoms with Crippen molar-refractivity contribution in [2.24, 2.45) is 0 Å². The van der Waals surface area contributed by atoms with E-state index >= 15 is 0 Å². The number of fused-ring (bicyclic) bond motifs is 1. The Balaban J connectivity index is 1.97. The molecule has 3 heteroatoms. The minimum atomic E-state index is 0.818. The zero-order chi connectivity index (χ0) is 12.8. The fourth-order valence-electron chi connectivity index (χ4n) is 1.83. The van der Waals surface area contributed by atoms with Gasteiger partial charge >= 0.3 is 0 Å². The minimum Gasteiger partial charge on any atom is -0.376 e. The molecule has 1 N–H and O–H groups in total. The summed E-state index contributed by atoms with van der Waals surface area (Å²) in [6, 6.07) is 15.0. The van der Waals surface area contributed by atoms with Gasteiger partial charge in [0.25, 0.3) is 0 Å². The van der Waals surface area contributed by atoms with E-state index in [1.807, 2.05) is 11.8 Å². The van der Waals surface area contributed by atoms with Crippen LogP contribution in [0.15, 0.2) is 42.5 Å². The molecule has 18 heavy (non-hydrogen) atoms. The molecule has 0 fully saturated rings. The maximum absolute atomic E-state index is 5.29. The summed E-state index contributed by atoms with van der Waals surface area (Å²) in [5, 5.41) is 5.88. The van der Waals surface area contributed by atoms with Crippen LogP contribution in [0.4, 0.5) is 0 Å². The van der Waals surface area contributed by atoms with E-state index in [9.17, 15) is 0 Å². The van der Waals surface area contributed by atoms with Crippen LogP contribution in [0.5, 0.6) is 0 Å². The molecule has 2 aromatic rings. The van der Waals surface area contributed by atoms with Crippen LogP contribution in [0.25, 0.3) is 10.8 Å². The third kappa shape index (κ3) is 3.72. The summed E-state index contributed by atoms with van der Waals surface area (Å²) >= 11 is 7.12. The lowest BCUT2D eigenvalue weighted by Gasteiger charge is -2.08. The fraction of sp³-hybridized carbons (Fsp3) is 0.267. The normalized spacial score (nSPS) is 10.5. The first kappa shape index (κ1) is 13.4. The highest BCUT2D eigenvalue weighted by molar-refractivity contribution is 7.98. The molecular weight excluding hydrogens is 258 g/mol. The summed E-state index contributed by atoms with van der Waals surface area (Å²) in [6.07, 6.45) is 3.07. The number of hydrogen-bond acceptors (Lipinski definition) is 2. The van der Waals surface area contributed by atoms with E-state index in [0.29, 0.717) is 0 Å². The van der Waals surface area contributed by atoms with Crippen molar-refractivity contribution in [3.63, 3.8) is 0 Å². The highest BCUT2D eigenvalue weighted by Crippen LogP contribution is 2.15. The van der Waals surface area contributed by atoms with Crippen LogP contribution >= 0.6 is 24.0 Å². The van der Waals surface area contributed by atoms with Crippen LogP contribution in [-0.4, -0.2) is 17.0 Å². The van der Waals surface area contributed by atoms with E-state index in [1.54, 1.807) is 0 Å². The van der Waals surface area contributed by atoms with Gasteiger partial charge in [-0.3, -0.25) is 0 Å². The first-order valence-electron chi connectivity index (χ1n) is 6.03. The van der Waals surface area contributed by atoms with E-state index in [2.05, 4.69) is 54.0 Å². The van der Waals surface area contributed by atoms with Crippen LogP contribution < -0.4 is 5.32 Å².